The molecule has 146 valence electrons. The van der Waals surface area contributed by atoms with Crippen molar-refractivity contribution in [2.45, 2.75) is 45.2 Å². The second-order valence-electron chi connectivity index (χ2n) is 7.70. The number of nitrogens with zero attached hydrogens (tertiary/aromatic N) is 4. The molecule has 5 nitrogen and oxygen atoms in total. The lowest BCUT2D eigenvalue weighted by molar-refractivity contribution is 0.151. The molecule has 1 spiro atoms. The first-order chi connectivity index (χ1) is 12.8. The van der Waals surface area contributed by atoms with Crippen LogP contribution in [0.3, 0.4) is 0 Å². The summed E-state index contributed by atoms with van der Waals surface area (Å²) in [6.07, 6.45) is 10.5. The van der Waals surface area contributed by atoms with Crippen LogP contribution in [0.15, 0.2) is 47.7 Å². The first kappa shape index (κ1) is 20.2. The molecule has 1 aromatic heterocycles. The minimum atomic E-state index is 0. The van der Waals surface area contributed by atoms with E-state index in [0.717, 1.165) is 44.4 Å². The summed E-state index contributed by atoms with van der Waals surface area (Å²) in [4.78, 5) is 11.5. The van der Waals surface area contributed by atoms with Crippen LogP contribution in [0.25, 0.3) is 0 Å². The summed E-state index contributed by atoms with van der Waals surface area (Å²) >= 11 is 0. The third-order valence-corrected chi connectivity index (χ3v) is 6.05. The molecule has 1 N–H and O–H groups in total. The Kier molecular flexibility index (Phi) is 6.78. The number of rotatable bonds is 5. The predicted molar refractivity (Wildman–Crippen MR) is 120 cm³/mol. The predicted octanol–water partition coefficient (Wildman–Crippen LogP) is 3.70. The van der Waals surface area contributed by atoms with Crippen molar-refractivity contribution in [3.63, 3.8) is 0 Å². The number of imidazole rings is 1. The van der Waals surface area contributed by atoms with Gasteiger partial charge in [0.05, 0.1) is 6.54 Å². The molecule has 2 aliphatic rings. The fraction of sp³-hybridized carbons (Fsp3) is 0.524. The van der Waals surface area contributed by atoms with Gasteiger partial charge in [0.25, 0.3) is 0 Å². The van der Waals surface area contributed by atoms with Crippen LogP contribution in [-0.4, -0.2) is 40.5 Å². The molecule has 2 heterocycles. The van der Waals surface area contributed by atoms with Crippen LogP contribution < -0.4 is 5.32 Å². The fourth-order valence-corrected chi connectivity index (χ4v) is 4.30. The maximum atomic E-state index is 4.54. The van der Waals surface area contributed by atoms with Gasteiger partial charge in [-0.25, -0.2) is 4.98 Å². The maximum Gasteiger partial charge on any atom is 0.194 e. The average Bonchev–Trinajstić information content (AvgIpc) is 3.28. The monoisotopic (exact) mass is 479 g/mol. The van der Waals surface area contributed by atoms with Gasteiger partial charge in [0.1, 0.15) is 5.82 Å². The molecule has 2 aromatic rings. The zero-order chi connectivity index (χ0) is 17.8. The van der Waals surface area contributed by atoms with Crippen molar-refractivity contribution in [3.05, 3.63) is 54.1 Å². The molecule has 1 saturated carbocycles. The van der Waals surface area contributed by atoms with Gasteiger partial charge in [0, 0.05) is 39.1 Å². The summed E-state index contributed by atoms with van der Waals surface area (Å²) in [6, 6.07) is 10.6. The van der Waals surface area contributed by atoms with Gasteiger partial charge in [-0.05, 0) is 36.7 Å². The Morgan fingerprint density at radius 3 is 2.70 bits per heavy atom. The Bertz CT molecular complexity index is 751. The van der Waals surface area contributed by atoms with Gasteiger partial charge in [-0.15, -0.1) is 24.0 Å². The third-order valence-electron chi connectivity index (χ3n) is 6.05. The highest BCUT2D eigenvalue weighted by atomic mass is 127. The molecule has 0 amide bonds. The van der Waals surface area contributed by atoms with E-state index in [1.54, 1.807) is 0 Å². The summed E-state index contributed by atoms with van der Waals surface area (Å²) in [7, 11) is 1.88. The first-order valence-electron chi connectivity index (χ1n) is 9.78. The van der Waals surface area contributed by atoms with Crippen LogP contribution in [0, 0.1) is 5.41 Å². The summed E-state index contributed by atoms with van der Waals surface area (Å²) in [5.74, 6) is 2.09. The number of hydrogen-bond donors (Lipinski definition) is 1. The van der Waals surface area contributed by atoms with Crippen LogP contribution in [-0.2, 0) is 19.5 Å². The Morgan fingerprint density at radius 2 is 2.04 bits per heavy atom. The summed E-state index contributed by atoms with van der Waals surface area (Å²) in [5.41, 5.74) is 1.95. The van der Waals surface area contributed by atoms with Crippen LogP contribution >= 0.6 is 24.0 Å². The number of guanidine groups is 1. The maximum absolute atomic E-state index is 4.54. The molecule has 1 aromatic carbocycles. The molecule has 0 atom stereocenters. The van der Waals surface area contributed by atoms with E-state index in [1.165, 1.54) is 31.2 Å². The molecule has 1 saturated heterocycles. The Morgan fingerprint density at radius 1 is 1.22 bits per heavy atom. The average molecular weight is 479 g/mol. The van der Waals surface area contributed by atoms with Gasteiger partial charge in [0.2, 0.25) is 0 Å². The third kappa shape index (κ3) is 4.65. The van der Waals surface area contributed by atoms with Crippen LogP contribution in [0.1, 0.15) is 37.1 Å². The Balaban J connectivity index is 0.00000210. The van der Waals surface area contributed by atoms with Gasteiger partial charge in [0.15, 0.2) is 5.96 Å². The van der Waals surface area contributed by atoms with Crippen LogP contribution in [0.4, 0.5) is 0 Å². The van der Waals surface area contributed by atoms with E-state index >= 15 is 0 Å². The number of halogens is 1. The van der Waals surface area contributed by atoms with E-state index < -0.39 is 0 Å². The lowest BCUT2D eigenvalue weighted by atomic mass is 9.68. The van der Waals surface area contributed by atoms with Crippen molar-refractivity contribution in [1.82, 2.24) is 19.8 Å². The molecule has 0 bridgehead atoms. The molecular formula is C21H30IN5. The van der Waals surface area contributed by atoms with Gasteiger partial charge in [-0.3, -0.25) is 4.99 Å². The number of aryl methyl sites for hydroxylation is 2. The van der Waals surface area contributed by atoms with Crippen LogP contribution in [0.5, 0.6) is 0 Å². The number of aromatic nitrogens is 2. The smallest absolute Gasteiger partial charge is 0.194 e. The van der Waals surface area contributed by atoms with E-state index in [2.05, 4.69) is 61.3 Å². The number of nitrogens with one attached hydrogen (secondary N) is 1. The fourth-order valence-electron chi connectivity index (χ4n) is 4.30. The van der Waals surface area contributed by atoms with E-state index in [1.807, 2.05) is 13.2 Å². The van der Waals surface area contributed by atoms with E-state index in [9.17, 15) is 0 Å². The number of benzene rings is 1. The van der Waals surface area contributed by atoms with Gasteiger partial charge in [-0.2, -0.15) is 0 Å². The minimum Gasteiger partial charge on any atom is -0.349 e. The molecule has 0 unspecified atom stereocenters. The Hall–Kier alpha value is -1.57. The second-order valence-corrected chi connectivity index (χ2v) is 7.70. The van der Waals surface area contributed by atoms with Crippen LogP contribution in [0.2, 0.25) is 0 Å². The molecule has 1 aliphatic carbocycles. The lowest BCUT2D eigenvalue weighted by Gasteiger charge is -2.38. The molecular weight excluding hydrogens is 449 g/mol. The minimum absolute atomic E-state index is 0. The van der Waals surface area contributed by atoms with E-state index in [-0.39, 0.29) is 24.0 Å². The number of aliphatic imine (C=N–C) groups is 1. The highest BCUT2D eigenvalue weighted by Crippen LogP contribution is 2.47. The molecule has 1 aliphatic heterocycles. The summed E-state index contributed by atoms with van der Waals surface area (Å²) < 4.78 is 2.24. The molecule has 6 heteroatoms. The normalized spacial score (nSPS) is 18.3. The van der Waals surface area contributed by atoms with Crippen molar-refractivity contribution in [1.29, 1.82) is 0 Å². The number of likely N-dealkylation sites (tertiary alicyclic amines) is 1. The van der Waals surface area contributed by atoms with Crippen molar-refractivity contribution in [2.24, 2.45) is 10.4 Å². The van der Waals surface area contributed by atoms with Crippen molar-refractivity contribution >= 4 is 29.9 Å². The highest BCUT2D eigenvalue weighted by Gasteiger charge is 2.43. The van der Waals surface area contributed by atoms with E-state index in [0.29, 0.717) is 5.41 Å². The highest BCUT2D eigenvalue weighted by molar-refractivity contribution is 14.0. The topological polar surface area (TPSA) is 45.5 Å². The zero-order valence-electron chi connectivity index (χ0n) is 16.1. The zero-order valence-corrected chi connectivity index (χ0v) is 18.4. The quantitative estimate of drug-likeness (QED) is 0.404. The lowest BCUT2D eigenvalue weighted by Crippen LogP contribution is -2.42. The standard InChI is InChI=1S/C21H29N5.HI/c1-22-20(26-14-11-21(17-26)9-5-10-21)24-16-19-23-12-15-25(19)13-8-18-6-3-2-4-7-18;/h2-4,6-7,12,15H,5,8-11,13-14,16-17H2,1H3,(H,22,24);1H. The molecule has 0 radical (unpaired) electrons. The van der Waals surface area contributed by atoms with Gasteiger partial charge < -0.3 is 14.8 Å². The van der Waals surface area contributed by atoms with Gasteiger partial charge in [-0.1, -0.05) is 36.8 Å². The SMILES string of the molecule is CN=C(NCc1nccn1CCc1ccccc1)N1CCC2(CCC2)C1.I. The van der Waals surface area contributed by atoms with Gasteiger partial charge >= 0.3 is 0 Å². The molecule has 2 fully saturated rings. The second kappa shape index (κ2) is 9.08. The Labute approximate surface area is 179 Å². The molecule has 4 rings (SSSR count). The van der Waals surface area contributed by atoms with E-state index in [4.69, 9.17) is 0 Å². The van der Waals surface area contributed by atoms with Crippen molar-refractivity contribution in [3.8, 4) is 0 Å². The first-order valence-corrected chi connectivity index (χ1v) is 9.78. The van der Waals surface area contributed by atoms with Crippen molar-refractivity contribution < 1.29 is 0 Å². The summed E-state index contributed by atoms with van der Waals surface area (Å²) in [6.45, 7) is 3.96. The number of hydrogen-bond acceptors (Lipinski definition) is 2. The largest absolute Gasteiger partial charge is 0.349 e. The molecule has 27 heavy (non-hydrogen) atoms. The summed E-state index contributed by atoms with van der Waals surface area (Å²) in [5, 5.41) is 3.53. The van der Waals surface area contributed by atoms with Crippen molar-refractivity contribution in [2.75, 3.05) is 20.1 Å².